The highest BCUT2D eigenvalue weighted by atomic mass is 16.8. The number of aliphatic hydroxyl groups excluding tert-OH is 7. The van der Waals surface area contributed by atoms with E-state index in [1.54, 1.807) is 0 Å². The molecule has 0 spiro atoms. The monoisotopic (exact) mass is 758 g/mol. The van der Waals surface area contributed by atoms with Gasteiger partial charge in [-0.25, -0.2) is 0 Å². The van der Waals surface area contributed by atoms with Gasteiger partial charge in [-0.3, -0.25) is 0 Å². The second-order valence-corrected chi connectivity index (χ2v) is 17.8. The molecule has 2 aliphatic heterocycles. The van der Waals surface area contributed by atoms with Crippen molar-refractivity contribution in [3.8, 4) is 0 Å². The van der Waals surface area contributed by atoms with Crippen LogP contribution in [0.5, 0.6) is 0 Å². The molecule has 6 fully saturated rings. The molecule has 4 saturated carbocycles. The van der Waals surface area contributed by atoms with E-state index in [2.05, 4.69) is 26.0 Å². The minimum Gasteiger partial charge on any atom is -0.394 e. The molecule has 0 radical (unpaired) electrons. The molecular weight excluding hydrogens is 692 g/mol. The lowest BCUT2D eigenvalue weighted by Gasteiger charge is -2.66. The van der Waals surface area contributed by atoms with Crippen molar-refractivity contribution in [3.63, 3.8) is 0 Å². The van der Waals surface area contributed by atoms with E-state index in [1.165, 1.54) is 14.2 Å². The molecule has 14 nitrogen and oxygen atoms in total. The molecule has 21 atom stereocenters. The molecule has 8 N–H and O–H groups in total. The van der Waals surface area contributed by atoms with Crippen LogP contribution in [0.2, 0.25) is 0 Å². The van der Waals surface area contributed by atoms with Crippen LogP contribution in [0.4, 0.5) is 0 Å². The number of aliphatic hydroxyl groups is 8. The van der Waals surface area contributed by atoms with E-state index in [9.17, 15) is 40.9 Å². The molecule has 2 heterocycles. The van der Waals surface area contributed by atoms with Crippen molar-refractivity contribution in [1.82, 2.24) is 0 Å². The van der Waals surface area contributed by atoms with Gasteiger partial charge in [0.1, 0.15) is 36.6 Å². The van der Waals surface area contributed by atoms with Crippen molar-refractivity contribution in [3.05, 3.63) is 12.2 Å². The average molecular weight is 759 g/mol. The van der Waals surface area contributed by atoms with Gasteiger partial charge in [-0.2, -0.15) is 0 Å². The molecule has 306 valence electrons. The first kappa shape index (κ1) is 41.8. The van der Waals surface area contributed by atoms with Crippen LogP contribution in [0.25, 0.3) is 0 Å². The number of rotatable bonds is 12. The smallest absolute Gasteiger partial charge is 0.187 e. The second kappa shape index (κ2) is 16.2. The van der Waals surface area contributed by atoms with Gasteiger partial charge < -0.3 is 69.3 Å². The van der Waals surface area contributed by atoms with Crippen LogP contribution in [-0.2, 0) is 28.4 Å². The third-order valence-electron chi connectivity index (χ3n) is 14.7. The zero-order valence-corrected chi connectivity index (χ0v) is 32.1. The minimum atomic E-state index is -1.28. The molecular formula is C39H66O14. The summed E-state index contributed by atoms with van der Waals surface area (Å²) in [6.07, 6.45) is -3.13. The van der Waals surface area contributed by atoms with Crippen LogP contribution in [0.15, 0.2) is 12.2 Å². The molecule has 0 aromatic rings. The number of allylic oxidation sites excluding steroid dienone is 2. The second-order valence-electron chi connectivity index (χ2n) is 17.8. The van der Waals surface area contributed by atoms with Gasteiger partial charge in [0.15, 0.2) is 12.6 Å². The maximum absolute atomic E-state index is 12.6. The topological polar surface area (TPSA) is 217 Å². The van der Waals surface area contributed by atoms with E-state index >= 15 is 0 Å². The molecule has 2 saturated heterocycles. The fourth-order valence-corrected chi connectivity index (χ4v) is 12.1. The summed E-state index contributed by atoms with van der Waals surface area (Å²) in [7, 11) is 2.88. The van der Waals surface area contributed by atoms with Crippen molar-refractivity contribution in [2.45, 2.75) is 152 Å². The number of hydrogen-bond donors (Lipinski definition) is 8. The average Bonchev–Trinajstić information content (AvgIpc) is 3.57. The largest absolute Gasteiger partial charge is 0.394 e. The van der Waals surface area contributed by atoms with E-state index in [1.807, 2.05) is 13.8 Å². The van der Waals surface area contributed by atoms with Gasteiger partial charge in [-0.1, -0.05) is 39.8 Å². The summed E-state index contributed by atoms with van der Waals surface area (Å²) in [6.45, 7) is 8.31. The first-order valence-electron chi connectivity index (χ1n) is 19.7. The third-order valence-corrected chi connectivity index (χ3v) is 14.7. The first-order valence-corrected chi connectivity index (χ1v) is 19.7. The van der Waals surface area contributed by atoms with E-state index in [-0.39, 0.29) is 48.7 Å². The van der Waals surface area contributed by atoms with Gasteiger partial charge in [0.25, 0.3) is 0 Å². The van der Waals surface area contributed by atoms with Crippen molar-refractivity contribution in [1.29, 1.82) is 0 Å². The molecule has 53 heavy (non-hydrogen) atoms. The highest BCUT2D eigenvalue weighted by Crippen LogP contribution is 2.69. The highest BCUT2D eigenvalue weighted by Gasteiger charge is 2.71. The number of methoxy groups -OCH3 is 2. The Kier molecular flexibility index (Phi) is 12.8. The normalized spacial score (nSPS) is 52.6. The summed E-state index contributed by atoms with van der Waals surface area (Å²) in [4.78, 5) is 0. The molecule has 0 amide bonds. The van der Waals surface area contributed by atoms with Gasteiger partial charge in [-0.15, -0.1) is 0 Å². The predicted molar refractivity (Wildman–Crippen MR) is 189 cm³/mol. The molecule has 0 aromatic heterocycles. The SMILES string of the molecule is COC1COC(OC2C(OC[C@@H](C)C/C=C/C(C)[C@H]3C[C@@H](O)C4[C@]5(O)C[C@H](O)C6[C@@H](O)[C@@H](O)CC[C@]6(C)C5CC[C@@]43C)OC(CO)C2O)C(OC)C1O. The first-order chi connectivity index (χ1) is 25.0. The van der Waals surface area contributed by atoms with Gasteiger partial charge >= 0.3 is 0 Å². The Morgan fingerprint density at radius 2 is 1.57 bits per heavy atom. The van der Waals surface area contributed by atoms with Gasteiger partial charge in [0, 0.05) is 32.5 Å². The molecule has 14 heteroatoms. The molecule has 12 unspecified atom stereocenters. The van der Waals surface area contributed by atoms with Gasteiger partial charge in [0.05, 0.1) is 49.8 Å². The Labute approximate surface area is 313 Å². The van der Waals surface area contributed by atoms with E-state index in [0.717, 1.165) is 12.8 Å². The number of fused-ring (bicyclic) bond motifs is 5. The molecule has 0 aromatic carbocycles. The Balaban J connectivity index is 1.06. The van der Waals surface area contributed by atoms with Crippen LogP contribution in [0.3, 0.4) is 0 Å². The van der Waals surface area contributed by atoms with Crippen LogP contribution in [-0.4, -0.2) is 154 Å². The standard InChI is InChI=1S/C39H66O14/c1-19(17-50-36-33(30(45)25(16-40)52-36)53-35-32(49-6)31(46)26(48-5)18-51-35)8-7-9-20(2)21-14-23(42)34-37(21,3)13-11-27-38(4)12-10-22(41)29(44)28(38)24(43)15-39(27,34)47/h7,9,19-36,40-47H,8,10-18H2,1-6H3/b9-7+/t19-,20?,21+,22-,23+,24-,25?,26?,27?,28?,29-,30?,31?,32?,33?,34?,35?,36?,37+,38+,39-/m0/s1. The lowest BCUT2D eigenvalue weighted by atomic mass is 9.41. The fourth-order valence-electron chi connectivity index (χ4n) is 12.1. The summed E-state index contributed by atoms with van der Waals surface area (Å²) in [5, 5.41) is 88.3. The van der Waals surface area contributed by atoms with E-state index in [0.29, 0.717) is 25.7 Å². The molecule has 4 aliphatic carbocycles. The van der Waals surface area contributed by atoms with Crippen LogP contribution in [0, 0.1) is 46.3 Å². The Morgan fingerprint density at radius 1 is 0.849 bits per heavy atom. The van der Waals surface area contributed by atoms with Crippen molar-refractivity contribution >= 4 is 0 Å². The maximum Gasteiger partial charge on any atom is 0.187 e. The third kappa shape index (κ3) is 7.30. The van der Waals surface area contributed by atoms with Crippen LogP contribution in [0.1, 0.15) is 72.6 Å². The van der Waals surface area contributed by atoms with Crippen LogP contribution < -0.4 is 0 Å². The van der Waals surface area contributed by atoms with Gasteiger partial charge in [0.2, 0.25) is 0 Å². The minimum absolute atomic E-state index is 0.0467. The summed E-state index contributed by atoms with van der Waals surface area (Å²) in [5.41, 5.74) is -2.19. The number of ether oxygens (including phenoxy) is 6. The summed E-state index contributed by atoms with van der Waals surface area (Å²) < 4.78 is 34.4. The Morgan fingerprint density at radius 3 is 2.25 bits per heavy atom. The van der Waals surface area contributed by atoms with Crippen molar-refractivity contribution in [2.24, 2.45) is 46.3 Å². The maximum atomic E-state index is 12.6. The lowest BCUT2D eigenvalue weighted by Crippen LogP contribution is -2.70. The fraction of sp³-hybridized carbons (Fsp3) is 0.949. The zero-order valence-electron chi connectivity index (χ0n) is 32.1. The zero-order chi connectivity index (χ0) is 38.6. The lowest BCUT2D eigenvalue weighted by molar-refractivity contribution is -0.310. The summed E-state index contributed by atoms with van der Waals surface area (Å²) in [5.74, 6) is -0.877. The van der Waals surface area contributed by atoms with E-state index in [4.69, 9.17) is 28.4 Å². The van der Waals surface area contributed by atoms with E-state index < -0.39 is 103 Å². The van der Waals surface area contributed by atoms with Crippen LogP contribution >= 0.6 is 0 Å². The van der Waals surface area contributed by atoms with Crippen molar-refractivity contribution < 1.29 is 69.3 Å². The molecule has 0 bridgehead atoms. The quantitative estimate of drug-likeness (QED) is 0.127. The van der Waals surface area contributed by atoms with Crippen molar-refractivity contribution in [2.75, 3.05) is 34.0 Å². The Hall–Kier alpha value is -0.820. The Bertz CT molecular complexity index is 1260. The van der Waals surface area contributed by atoms with Gasteiger partial charge in [-0.05, 0) is 73.0 Å². The highest BCUT2D eigenvalue weighted by molar-refractivity contribution is 5.21. The molecule has 6 aliphatic rings. The number of hydrogen-bond acceptors (Lipinski definition) is 14. The summed E-state index contributed by atoms with van der Waals surface area (Å²) in [6, 6.07) is 0. The molecule has 6 rings (SSSR count). The predicted octanol–water partition coefficient (Wildman–Crippen LogP) is 0.479. The summed E-state index contributed by atoms with van der Waals surface area (Å²) >= 11 is 0.